The third kappa shape index (κ3) is 3.22. The number of methoxy groups -OCH3 is 1. The molecule has 0 aliphatic heterocycles. The summed E-state index contributed by atoms with van der Waals surface area (Å²) in [5, 5.41) is 3.96. The Hall–Kier alpha value is -2.35. The molecule has 21 heavy (non-hydrogen) atoms. The first-order valence-electron chi connectivity index (χ1n) is 6.05. The number of carbonyl (C=O) groups is 1. The number of esters is 1. The lowest BCUT2D eigenvalue weighted by Gasteiger charge is -2.10. The molecule has 1 aromatic heterocycles. The number of hydrogen-bond acceptors (Lipinski definition) is 5. The minimum absolute atomic E-state index is 0.0102. The number of aryl methyl sites for hydroxylation is 2. The van der Waals surface area contributed by atoms with Crippen molar-refractivity contribution >= 4 is 21.8 Å². The van der Waals surface area contributed by atoms with Gasteiger partial charge in [0.25, 0.3) is 10.0 Å². The average molecular weight is 309 g/mol. The van der Waals surface area contributed by atoms with Gasteiger partial charge in [0.1, 0.15) is 0 Å². The van der Waals surface area contributed by atoms with Crippen molar-refractivity contribution in [3.63, 3.8) is 0 Å². The molecule has 0 radical (unpaired) electrons. The van der Waals surface area contributed by atoms with Crippen molar-refractivity contribution in [2.45, 2.75) is 11.8 Å². The second kappa shape index (κ2) is 5.57. The minimum Gasteiger partial charge on any atom is -0.465 e. The third-order valence-corrected chi connectivity index (χ3v) is 4.35. The molecule has 0 aliphatic rings. The van der Waals surface area contributed by atoms with Crippen LogP contribution in [-0.4, -0.2) is 31.3 Å². The third-order valence-electron chi connectivity index (χ3n) is 2.85. The first-order chi connectivity index (χ1) is 9.83. The van der Waals surface area contributed by atoms with Crippen LogP contribution < -0.4 is 4.72 Å². The lowest BCUT2D eigenvalue weighted by molar-refractivity contribution is 0.0600. The molecule has 0 amide bonds. The van der Waals surface area contributed by atoms with E-state index in [1.54, 1.807) is 26.2 Å². The van der Waals surface area contributed by atoms with E-state index in [0.717, 1.165) is 0 Å². The molecule has 2 aromatic rings. The molecule has 0 aliphatic carbocycles. The molecule has 0 saturated heterocycles. The van der Waals surface area contributed by atoms with Gasteiger partial charge >= 0.3 is 5.97 Å². The molecular weight excluding hydrogens is 294 g/mol. The van der Waals surface area contributed by atoms with Crippen LogP contribution in [0.2, 0.25) is 0 Å². The Morgan fingerprint density at radius 2 is 2.05 bits per heavy atom. The summed E-state index contributed by atoms with van der Waals surface area (Å²) < 4.78 is 33.2. The quantitative estimate of drug-likeness (QED) is 0.860. The molecule has 1 heterocycles. The minimum atomic E-state index is -3.83. The second-order valence-corrected chi connectivity index (χ2v) is 6.10. The van der Waals surface area contributed by atoms with Gasteiger partial charge in [-0.05, 0) is 24.6 Å². The summed E-state index contributed by atoms with van der Waals surface area (Å²) in [6.45, 7) is 1.65. The van der Waals surface area contributed by atoms with Gasteiger partial charge in [0, 0.05) is 19.3 Å². The number of benzene rings is 1. The van der Waals surface area contributed by atoms with E-state index in [9.17, 15) is 13.2 Å². The van der Waals surface area contributed by atoms with E-state index in [-0.39, 0.29) is 16.3 Å². The highest BCUT2D eigenvalue weighted by atomic mass is 32.2. The number of rotatable bonds is 4. The maximum absolute atomic E-state index is 12.4. The molecule has 0 bridgehead atoms. The topological polar surface area (TPSA) is 90.3 Å². The Morgan fingerprint density at radius 1 is 1.33 bits per heavy atom. The monoisotopic (exact) mass is 309 g/mol. The zero-order chi connectivity index (χ0) is 15.6. The van der Waals surface area contributed by atoms with Crippen LogP contribution in [0.3, 0.4) is 0 Å². The van der Waals surface area contributed by atoms with Crippen LogP contribution in [0.4, 0.5) is 5.82 Å². The molecule has 112 valence electrons. The fraction of sp³-hybridized carbons (Fsp3) is 0.231. The smallest absolute Gasteiger partial charge is 0.337 e. The van der Waals surface area contributed by atoms with Crippen molar-refractivity contribution in [1.29, 1.82) is 0 Å². The fourth-order valence-corrected chi connectivity index (χ4v) is 3.06. The predicted molar refractivity (Wildman–Crippen MR) is 76.5 cm³/mol. The molecule has 7 nitrogen and oxygen atoms in total. The largest absolute Gasteiger partial charge is 0.465 e. The van der Waals surface area contributed by atoms with E-state index < -0.39 is 16.0 Å². The van der Waals surface area contributed by atoms with Gasteiger partial charge in [-0.2, -0.15) is 5.10 Å². The van der Waals surface area contributed by atoms with Crippen molar-refractivity contribution in [1.82, 2.24) is 9.78 Å². The summed E-state index contributed by atoms with van der Waals surface area (Å²) >= 11 is 0. The highest BCUT2D eigenvalue weighted by molar-refractivity contribution is 7.92. The lowest BCUT2D eigenvalue weighted by Crippen LogP contribution is -2.16. The van der Waals surface area contributed by atoms with Crippen molar-refractivity contribution in [3.8, 4) is 0 Å². The number of nitrogens with zero attached hydrogens (tertiary/aromatic N) is 2. The summed E-state index contributed by atoms with van der Waals surface area (Å²) in [6.07, 6.45) is 1.62. The van der Waals surface area contributed by atoms with Crippen LogP contribution in [0.25, 0.3) is 0 Å². The molecule has 0 atom stereocenters. The predicted octanol–water partition coefficient (Wildman–Crippen LogP) is 1.32. The zero-order valence-corrected chi connectivity index (χ0v) is 12.6. The molecule has 2 rings (SSSR count). The standard InChI is InChI=1S/C13H15N3O4S/c1-9-4-5-10(13(17)20-3)8-11(9)21(18,19)15-12-6-7-16(2)14-12/h4-8H,1-3H3,(H,14,15). The number of carbonyl (C=O) groups excluding carboxylic acids is 1. The van der Waals surface area contributed by atoms with Crippen molar-refractivity contribution in [2.75, 3.05) is 11.8 Å². The van der Waals surface area contributed by atoms with E-state index >= 15 is 0 Å². The van der Waals surface area contributed by atoms with Crippen LogP contribution in [0.15, 0.2) is 35.4 Å². The maximum Gasteiger partial charge on any atom is 0.337 e. The van der Waals surface area contributed by atoms with Crippen molar-refractivity contribution in [3.05, 3.63) is 41.6 Å². The number of sulfonamides is 1. The van der Waals surface area contributed by atoms with Gasteiger partial charge in [-0.1, -0.05) is 6.07 Å². The summed E-state index contributed by atoms with van der Waals surface area (Å²) in [7, 11) is -0.908. The summed E-state index contributed by atoms with van der Waals surface area (Å²) in [5.74, 6) is -0.385. The van der Waals surface area contributed by atoms with Gasteiger partial charge in [0.15, 0.2) is 5.82 Å². The number of nitrogens with one attached hydrogen (secondary N) is 1. The molecule has 0 unspecified atom stereocenters. The Morgan fingerprint density at radius 3 is 2.62 bits per heavy atom. The van der Waals surface area contributed by atoms with E-state index in [4.69, 9.17) is 0 Å². The van der Waals surface area contributed by atoms with Gasteiger partial charge in [0.05, 0.1) is 17.6 Å². The van der Waals surface area contributed by atoms with E-state index in [1.807, 2.05) is 0 Å². The van der Waals surface area contributed by atoms with Crippen LogP contribution in [-0.2, 0) is 21.8 Å². The van der Waals surface area contributed by atoms with Crippen LogP contribution in [0.5, 0.6) is 0 Å². The number of aromatic nitrogens is 2. The summed E-state index contributed by atoms with van der Waals surface area (Å²) in [4.78, 5) is 11.5. The molecule has 0 saturated carbocycles. The first-order valence-corrected chi connectivity index (χ1v) is 7.53. The molecule has 0 spiro atoms. The van der Waals surface area contributed by atoms with Crippen molar-refractivity contribution < 1.29 is 17.9 Å². The fourth-order valence-electron chi connectivity index (χ4n) is 1.80. The Labute approximate surface area is 122 Å². The summed E-state index contributed by atoms with van der Waals surface area (Å²) in [6, 6.07) is 5.89. The van der Waals surface area contributed by atoms with Gasteiger partial charge in [-0.25, -0.2) is 13.2 Å². The number of hydrogen-bond donors (Lipinski definition) is 1. The maximum atomic E-state index is 12.4. The van der Waals surface area contributed by atoms with Gasteiger partial charge in [-0.3, -0.25) is 9.40 Å². The Kier molecular flexibility index (Phi) is 3.99. The lowest BCUT2D eigenvalue weighted by atomic mass is 10.1. The summed E-state index contributed by atoms with van der Waals surface area (Å²) in [5.41, 5.74) is 0.690. The van der Waals surface area contributed by atoms with Crippen molar-refractivity contribution in [2.24, 2.45) is 7.05 Å². The molecular formula is C13H15N3O4S. The van der Waals surface area contributed by atoms with Crippen LogP contribution in [0.1, 0.15) is 15.9 Å². The van der Waals surface area contributed by atoms with E-state index in [2.05, 4.69) is 14.6 Å². The van der Waals surface area contributed by atoms with Gasteiger partial charge < -0.3 is 4.74 Å². The average Bonchev–Trinajstić information content (AvgIpc) is 2.82. The van der Waals surface area contributed by atoms with Crippen LogP contribution >= 0.6 is 0 Å². The molecule has 8 heteroatoms. The van der Waals surface area contributed by atoms with Gasteiger partial charge in [0.2, 0.25) is 0 Å². The SMILES string of the molecule is COC(=O)c1ccc(C)c(S(=O)(=O)Nc2ccn(C)n2)c1. The van der Waals surface area contributed by atoms with E-state index in [0.29, 0.717) is 5.56 Å². The molecule has 1 aromatic carbocycles. The van der Waals surface area contributed by atoms with Gasteiger partial charge in [-0.15, -0.1) is 0 Å². The Bertz CT molecular complexity index is 780. The number of ether oxygens (including phenoxy) is 1. The molecule has 1 N–H and O–H groups in total. The zero-order valence-electron chi connectivity index (χ0n) is 11.8. The highest BCUT2D eigenvalue weighted by Crippen LogP contribution is 2.20. The second-order valence-electron chi connectivity index (χ2n) is 4.45. The molecule has 0 fully saturated rings. The van der Waals surface area contributed by atoms with E-state index in [1.165, 1.54) is 30.0 Å². The number of anilines is 1. The Balaban J connectivity index is 2.41. The normalized spacial score (nSPS) is 11.2. The first kappa shape index (κ1) is 15.0. The highest BCUT2D eigenvalue weighted by Gasteiger charge is 2.20. The van der Waals surface area contributed by atoms with Crippen LogP contribution in [0, 0.1) is 6.92 Å².